The molecule has 1 aliphatic carbocycles. The molecule has 1 aliphatic rings. The normalized spacial score (nSPS) is 17.3. The molecule has 0 heterocycles. The maximum absolute atomic E-state index is 3.84. The molecule has 0 aromatic heterocycles. The average molecular weight is 341 g/mol. The third-order valence-electron chi connectivity index (χ3n) is 4.84. The second-order valence-corrected chi connectivity index (χ2v) is 6.55. The summed E-state index contributed by atoms with van der Waals surface area (Å²) in [5, 5.41) is 0. The van der Waals surface area contributed by atoms with E-state index in [1.807, 2.05) is 6.08 Å². The minimum atomic E-state index is 0.524. The Hall–Kier alpha value is -2.80. The van der Waals surface area contributed by atoms with Gasteiger partial charge >= 0.3 is 0 Å². The monoisotopic (exact) mass is 341 g/mol. The van der Waals surface area contributed by atoms with Crippen LogP contribution in [0.4, 0.5) is 11.4 Å². The topological polar surface area (TPSA) is 3.24 Å². The highest BCUT2D eigenvalue weighted by Crippen LogP contribution is 2.43. The van der Waals surface area contributed by atoms with Gasteiger partial charge in [-0.1, -0.05) is 73.4 Å². The standard InChI is InChI=1S/C25H27N/c1-3-5-13-21-19-20-22(14-6-4-2)25(21)26(23-15-9-7-10-16-23)24-17-11-8-12-18-24/h3-13,15-18,22H,1,14,19-20H2,2H3/b6-4+,13-5+. The van der Waals surface area contributed by atoms with Crippen LogP contribution in [0.1, 0.15) is 26.2 Å². The van der Waals surface area contributed by atoms with Crippen LogP contribution in [0.3, 0.4) is 0 Å². The smallest absolute Gasteiger partial charge is 0.0458 e. The van der Waals surface area contributed by atoms with E-state index in [9.17, 15) is 0 Å². The minimum Gasteiger partial charge on any atom is -0.314 e. The Morgan fingerprint density at radius 3 is 2.15 bits per heavy atom. The number of anilines is 2. The first-order valence-corrected chi connectivity index (χ1v) is 9.38. The molecular weight excluding hydrogens is 314 g/mol. The molecule has 1 nitrogen and oxygen atoms in total. The van der Waals surface area contributed by atoms with E-state index in [4.69, 9.17) is 0 Å². The minimum absolute atomic E-state index is 0.524. The van der Waals surface area contributed by atoms with Crippen molar-refractivity contribution in [1.29, 1.82) is 0 Å². The zero-order chi connectivity index (χ0) is 18.2. The molecule has 0 radical (unpaired) electrons. The van der Waals surface area contributed by atoms with Crippen molar-refractivity contribution in [2.75, 3.05) is 4.90 Å². The quantitative estimate of drug-likeness (QED) is 0.380. The molecule has 0 saturated heterocycles. The lowest BCUT2D eigenvalue weighted by Crippen LogP contribution is -2.21. The Labute approximate surface area is 157 Å². The van der Waals surface area contributed by atoms with Gasteiger partial charge in [-0.25, -0.2) is 0 Å². The van der Waals surface area contributed by atoms with E-state index in [0.29, 0.717) is 5.92 Å². The number of allylic oxidation sites excluding steroid dienone is 7. The van der Waals surface area contributed by atoms with Crippen molar-refractivity contribution in [3.8, 4) is 0 Å². The van der Waals surface area contributed by atoms with E-state index in [2.05, 4.69) is 103 Å². The first kappa shape index (κ1) is 18.0. The third-order valence-corrected chi connectivity index (χ3v) is 4.84. The van der Waals surface area contributed by atoms with Crippen LogP contribution < -0.4 is 4.90 Å². The summed E-state index contributed by atoms with van der Waals surface area (Å²) < 4.78 is 0. The summed E-state index contributed by atoms with van der Waals surface area (Å²) in [6.45, 7) is 5.94. The van der Waals surface area contributed by atoms with Gasteiger partial charge in [0.05, 0.1) is 0 Å². The lowest BCUT2D eigenvalue weighted by molar-refractivity contribution is 0.605. The molecule has 0 amide bonds. The molecule has 3 rings (SSSR count). The zero-order valence-electron chi connectivity index (χ0n) is 15.5. The van der Waals surface area contributed by atoms with Crippen molar-refractivity contribution in [2.24, 2.45) is 5.92 Å². The highest BCUT2D eigenvalue weighted by Gasteiger charge is 2.29. The van der Waals surface area contributed by atoms with Gasteiger partial charge in [0.25, 0.3) is 0 Å². The van der Waals surface area contributed by atoms with E-state index in [0.717, 1.165) is 12.8 Å². The summed E-state index contributed by atoms with van der Waals surface area (Å²) in [5.74, 6) is 0.524. The fraction of sp³-hybridized carbons (Fsp3) is 0.200. The highest BCUT2D eigenvalue weighted by atomic mass is 15.2. The van der Waals surface area contributed by atoms with Crippen LogP contribution in [-0.2, 0) is 0 Å². The van der Waals surface area contributed by atoms with Gasteiger partial charge in [-0.3, -0.25) is 0 Å². The highest BCUT2D eigenvalue weighted by molar-refractivity contribution is 5.70. The Morgan fingerprint density at radius 1 is 1.00 bits per heavy atom. The Kier molecular flexibility index (Phi) is 6.27. The van der Waals surface area contributed by atoms with Crippen molar-refractivity contribution >= 4 is 11.4 Å². The largest absolute Gasteiger partial charge is 0.314 e. The number of benzene rings is 2. The molecule has 26 heavy (non-hydrogen) atoms. The number of hydrogen-bond donors (Lipinski definition) is 0. The summed E-state index contributed by atoms with van der Waals surface area (Å²) in [6, 6.07) is 21.4. The number of hydrogen-bond acceptors (Lipinski definition) is 1. The average Bonchev–Trinajstić information content (AvgIpc) is 3.09. The van der Waals surface area contributed by atoms with E-state index >= 15 is 0 Å². The number of para-hydroxylation sites is 2. The van der Waals surface area contributed by atoms with Crippen LogP contribution in [0.25, 0.3) is 0 Å². The van der Waals surface area contributed by atoms with Crippen LogP contribution in [0.15, 0.2) is 109 Å². The van der Waals surface area contributed by atoms with Crippen LogP contribution in [0.5, 0.6) is 0 Å². The zero-order valence-corrected chi connectivity index (χ0v) is 15.5. The molecule has 1 unspecified atom stereocenters. The van der Waals surface area contributed by atoms with Gasteiger partial charge in [-0.15, -0.1) is 0 Å². The molecule has 0 bridgehead atoms. The lowest BCUT2D eigenvalue weighted by atomic mass is 9.99. The molecule has 132 valence electrons. The van der Waals surface area contributed by atoms with Gasteiger partial charge < -0.3 is 4.90 Å². The van der Waals surface area contributed by atoms with Crippen LogP contribution in [0.2, 0.25) is 0 Å². The summed E-state index contributed by atoms with van der Waals surface area (Å²) in [4.78, 5) is 2.43. The maximum atomic E-state index is 3.84. The van der Waals surface area contributed by atoms with Crippen molar-refractivity contribution in [1.82, 2.24) is 0 Å². The SMILES string of the molecule is C=C/C=C/C1=C(N(c2ccccc2)c2ccccc2)C(C/C=C/C)CC1. The summed E-state index contributed by atoms with van der Waals surface area (Å²) in [5.41, 5.74) is 5.25. The van der Waals surface area contributed by atoms with Crippen molar-refractivity contribution in [3.63, 3.8) is 0 Å². The van der Waals surface area contributed by atoms with Gasteiger partial charge in [0.1, 0.15) is 0 Å². The molecule has 1 heteroatoms. The molecule has 1 atom stereocenters. The molecular formula is C25H27N. The molecule has 2 aromatic carbocycles. The van der Waals surface area contributed by atoms with Gasteiger partial charge in [0, 0.05) is 23.0 Å². The van der Waals surface area contributed by atoms with Gasteiger partial charge in [-0.05, 0) is 56.0 Å². The van der Waals surface area contributed by atoms with Gasteiger partial charge in [0.2, 0.25) is 0 Å². The second-order valence-electron chi connectivity index (χ2n) is 6.55. The Balaban J connectivity index is 2.14. The van der Waals surface area contributed by atoms with Crippen LogP contribution in [-0.4, -0.2) is 0 Å². The first-order valence-electron chi connectivity index (χ1n) is 9.38. The lowest BCUT2D eigenvalue weighted by Gasteiger charge is -2.31. The molecule has 0 spiro atoms. The molecule has 0 fully saturated rings. The van der Waals surface area contributed by atoms with E-state index < -0.39 is 0 Å². The summed E-state index contributed by atoms with van der Waals surface area (Å²) in [7, 11) is 0. The summed E-state index contributed by atoms with van der Waals surface area (Å²) >= 11 is 0. The molecule has 0 saturated carbocycles. The molecule has 0 N–H and O–H groups in total. The third kappa shape index (κ3) is 4.05. The fourth-order valence-electron chi connectivity index (χ4n) is 3.65. The number of rotatable bonds is 7. The molecule has 2 aromatic rings. The summed E-state index contributed by atoms with van der Waals surface area (Å²) in [6.07, 6.45) is 14.0. The van der Waals surface area contributed by atoms with Crippen molar-refractivity contribution in [2.45, 2.75) is 26.2 Å². The predicted molar refractivity (Wildman–Crippen MR) is 114 cm³/mol. The van der Waals surface area contributed by atoms with Gasteiger partial charge in [-0.2, -0.15) is 0 Å². The molecule has 0 aliphatic heterocycles. The van der Waals surface area contributed by atoms with Crippen LogP contribution in [0, 0.1) is 5.92 Å². The maximum Gasteiger partial charge on any atom is 0.0458 e. The van der Waals surface area contributed by atoms with Gasteiger partial charge in [0.15, 0.2) is 0 Å². The van der Waals surface area contributed by atoms with Crippen molar-refractivity contribution in [3.05, 3.63) is 109 Å². The second kappa shape index (κ2) is 9.05. The number of nitrogens with zero attached hydrogens (tertiary/aromatic N) is 1. The first-order chi connectivity index (χ1) is 12.8. The fourth-order valence-corrected chi connectivity index (χ4v) is 3.65. The van der Waals surface area contributed by atoms with E-state index in [-0.39, 0.29) is 0 Å². The van der Waals surface area contributed by atoms with Crippen LogP contribution >= 0.6 is 0 Å². The van der Waals surface area contributed by atoms with Crippen molar-refractivity contribution < 1.29 is 0 Å². The van der Waals surface area contributed by atoms with E-state index in [1.54, 1.807) is 0 Å². The Bertz CT molecular complexity index is 757. The Morgan fingerprint density at radius 2 is 1.62 bits per heavy atom. The van der Waals surface area contributed by atoms with E-state index in [1.165, 1.54) is 29.1 Å². The predicted octanol–water partition coefficient (Wildman–Crippen LogP) is 7.20.